The second kappa shape index (κ2) is 6.29. The lowest BCUT2D eigenvalue weighted by Crippen LogP contribution is -2.15. The molecule has 0 saturated heterocycles. The van der Waals surface area contributed by atoms with Gasteiger partial charge in [0.1, 0.15) is 10.5 Å². The van der Waals surface area contributed by atoms with Crippen LogP contribution in [0, 0.1) is 4.64 Å². The number of nitrogens with zero attached hydrogens (tertiary/aromatic N) is 1. The van der Waals surface area contributed by atoms with Crippen LogP contribution < -0.4 is 0 Å². The van der Waals surface area contributed by atoms with Crippen molar-refractivity contribution in [2.75, 3.05) is 0 Å². The Kier molecular flexibility index (Phi) is 4.89. The molecule has 2 aromatic rings. The monoisotopic (exact) mass is 324 g/mol. The van der Waals surface area contributed by atoms with Crippen molar-refractivity contribution in [1.82, 2.24) is 9.97 Å². The van der Waals surface area contributed by atoms with Crippen molar-refractivity contribution in [1.29, 1.82) is 0 Å². The summed E-state index contributed by atoms with van der Waals surface area (Å²) in [5.74, 6) is 1.66. The minimum atomic E-state index is 0.0379. The smallest absolute Gasteiger partial charge is 0.130 e. The van der Waals surface area contributed by atoms with Crippen molar-refractivity contribution in [3.63, 3.8) is 0 Å². The number of rotatable bonds is 3. The minimum Gasteiger partial charge on any atom is -0.346 e. The summed E-state index contributed by atoms with van der Waals surface area (Å²) >= 11 is 12.8. The van der Waals surface area contributed by atoms with Gasteiger partial charge in [-0.1, -0.05) is 44.6 Å². The maximum absolute atomic E-state index is 5.88. The van der Waals surface area contributed by atoms with Crippen molar-refractivity contribution in [2.45, 2.75) is 36.8 Å². The topological polar surface area (TPSA) is 28.7 Å². The summed E-state index contributed by atoms with van der Waals surface area (Å²) in [5.41, 5.74) is 1.15. The first-order chi connectivity index (χ1) is 9.34. The second-order valence-corrected chi connectivity index (χ2v) is 7.48. The van der Waals surface area contributed by atoms with Gasteiger partial charge >= 0.3 is 0 Å². The highest BCUT2D eigenvalue weighted by atomic mass is 35.5. The number of benzene rings is 1. The zero-order valence-corrected chi connectivity index (χ0v) is 14.1. The second-order valence-electron chi connectivity index (χ2n) is 5.57. The summed E-state index contributed by atoms with van der Waals surface area (Å²) in [6, 6.07) is 9.74. The zero-order chi connectivity index (χ0) is 14.8. The SMILES string of the molecule is CC(C)(C)c1cc(=S)nc(CSc2ccc(Cl)cc2)[nH]1. The predicted molar refractivity (Wildman–Crippen MR) is 89.1 cm³/mol. The Morgan fingerprint density at radius 1 is 1.25 bits per heavy atom. The van der Waals surface area contributed by atoms with E-state index in [1.54, 1.807) is 11.8 Å². The normalized spacial score (nSPS) is 11.6. The maximum Gasteiger partial charge on any atom is 0.130 e. The van der Waals surface area contributed by atoms with Crippen molar-refractivity contribution < 1.29 is 0 Å². The lowest BCUT2D eigenvalue weighted by atomic mass is 9.92. The van der Waals surface area contributed by atoms with Crippen molar-refractivity contribution in [2.24, 2.45) is 0 Å². The van der Waals surface area contributed by atoms with Gasteiger partial charge in [0.05, 0.1) is 5.75 Å². The Bertz CT molecular complexity index is 642. The number of aromatic nitrogens is 2. The highest BCUT2D eigenvalue weighted by molar-refractivity contribution is 7.98. The number of nitrogens with one attached hydrogen (secondary N) is 1. The standard InChI is InChI=1S/C15H17ClN2S2/c1-15(2,3)12-8-14(19)18-13(17-12)9-20-11-6-4-10(16)5-7-11/h4-8H,9H2,1-3H3,(H,17,18,19). The van der Waals surface area contributed by atoms with Gasteiger partial charge in [0, 0.05) is 21.0 Å². The minimum absolute atomic E-state index is 0.0379. The van der Waals surface area contributed by atoms with Crippen molar-refractivity contribution >= 4 is 35.6 Å². The lowest BCUT2D eigenvalue weighted by molar-refractivity contribution is 0.563. The summed E-state index contributed by atoms with van der Waals surface area (Å²) in [7, 11) is 0. The molecule has 1 N–H and O–H groups in total. The van der Waals surface area contributed by atoms with Gasteiger partial charge in [0.2, 0.25) is 0 Å². The molecule has 0 aliphatic heterocycles. The van der Waals surface area contributed by atoms with E-state index < -0.39 is 0 Å². The highest BCUT2D eigenvalue weighted by Crippen LogP contribution is 2.25. The molecule has 0 bridgehead atoms. The van der Waals surface area contributed by atoms with Crippen molar-refractivity contribution in [3.8, 4) is 0 Å². The van der Waals surface area contributed by atoms with E-state index in [-0.39, 0.29) is 5.41 Å². The van der Waals surface area contributed by atoms with Gasteiger partial charge < -0.3 is 4.98 Å². The maximum atomic E-state index is 5.88. The molecule has 1 aromatic carbocycles. The third-order valence-corrected chi connectivity index (χ3v) is 4.27. The van der Waals surface area contributed by atoms with Crippen LogP contribution in [0.4, 0.5) is 0 Å². The van der Waals surface area contributed by atoms with Crippen LogP contribution in [-0.4, -0.2) is 9.97 Å². The molecule has 0 saturated carbocycles. The molecule has 2 rings (SSSR count). The Hall–Kier alpha value is -0.840. The Labute approximate surface area is 134 Å². The fourth-order valence-corrected chi connectivity index (χ4v) is 2.79. The number of hydrogen-bond acceptors (Lipinski definition) is 3. The highest BCUT2D eigenvalue weighted by Gasteiger charge is 2.15. The first-order valence-electron chi connectivity index (χ1n) is 6.34. The van der Waals surface area contributed by atoms with Crippen LogP contribution in [0.5, 0.6) is 0 Å². The van der Waals surface area contributed by atoms with Crippen LogP contribution in [0.1, 0.15) is 32.3 Å². The van der Waals surface area contributed by atoms with E-state index in [4.69, 9.17) is 23.8 Å². The predicted octanol–water partition coefficient (Wildman–Crippen LogP) is 5.38. The lowest BCUT2D eigenvalue weighted by Gasteiger charge is -2.19. The Morgan fingerprint density at radius 2 is 1.90 bits per heavy atom. The molecule has 0 fully saturated rings. The van der Waals surface area contributed by atoms with E-state index in [1.807, 2.05) is 30.3 Å². The summed E-state index contributed by atoms with van der Waals surface area (Å²) in [5, 5.41) is 0.751. The van der Waals surface area contributed by atoms with Crippen LogP contribution in [0.15, 0.2) is 35.2 Å². The summed E-state index contributed by atoms with van der Waals surface area (Å²) < 4.78 is 0.639. The van der Waals surface area contributed by atoms with E-state index >= 15 is 0 Å². The van der Waals surface area contributed by atoms with Gasteiger partial charge in [-0.05, 0) is 30.3 Å². The number of halogens is 1. The molecule has 1 heterocycles. The van der Waals surface area contributed by atoms with E-state index in [0.29, 0.717) is 4.64 Å². The molecule has 20 heavy (non-hydrogen) atoms. The molecule has 0 amide bonds. The van der Waals surface area contributed by atoms with Gasteiger partial charge in [0.15, 0.2) is 0 Å². The van der Waals surface area contributed by atoms with Crippen LogP contribution in [-0.2, 0) is 11.2 Å². The van der Waals surface area contributed by atoms with E-state index in [0.717, 1.165) is 27.2 Å². The molecule has 0 unspecified atom stereocenters. The molecule has 0 radical (unpaired) electrons. The summed E-state index contributed by atoms with van der Waals surface area (Å²) in [4.78, 5) is 8.94. The first kappa shape index (κ1) is 15.5. The molecule has 0 aliphatic carbocycles. The molecule has 0 spiro atoms. The zero-order valence-electron chi connectivity index (χ0n) is 11.7. The molecule has 0 aliphatic rings. The number of aromatic amines is 1. The molecule has 106 valence electrons. The summed E-state index contributed by atoms with van der Waals surface area (Å²) in [6.45, 7) is 6.47. The molecule has 1 aromatic heterocycles. The average Bonchev–Trinajstić information content (AvgIpc) is 2.36. The fourth-order valence-electron chi connectivity index (χ4n) is 1.66. The van der Waals surface area contributed by atoms with E-state index in [1.165, 1.54) is 0 Å². The van der Waals surface area contributed by atoms with Gasteiger partial charge in [-0.25, -0.2) is 4.98 Å². The number of hydrogen-bond donors (Lipinski definition) is 1. The van der Waals surface area contributed by atoms with Gasteiger partial charge in [-0.3, -0.25) is 0 Å². The summed E-state index contributed by atoms with van der Waals surface area (Å²) in [6.07, 6.45) is 0. The first-order valence-corrected chi connectivity index (χ1v) is 8.11. The van der Waals surface area contributed by atoms with Crippen LogP contribution >= 0.6 is 35.6 Å². The number of thioether (sulfide) groups is 1. The molecule has 2 nitrogen and oxygen atoms in total. The third kappa shape index (κ3) is 4.33. The third-order valence-electron chi connectivity index (χ3n) is 2.79. The Morgan fingerprint density at radius 3 is 2.50 bits per heavy atom. The van der Waals surface area contributed by atoms with Crippen LogP contribution in [0.2, 0.25) is 5.02 Å². The van der Waals surface area contributed by atoms with E-state index in [9.17, 15) is 0 Å². The number of H-pyrrole nitrogens is 1. The van der Waals surface area contributed by atoms with Gasteiger partial charge in [0.25, 0.3) is 0 Å². The quantitative estimate of drug-likeness (QED) is 0.606. The Balaban J connectivity index is 2.15. The average molecular weight is 325 g/mol. The van der Waals surface area contributed by atoms with Crippen LogP contribution in [0.25, 0.3) is 0 Å². The largest absolute Gasteiger partial charge is 0.346 e. The fraction of sp³-hybridized carbons (Fsp3) is 0.333. The van der Waals surface area contributed by atoms with Crippen molar-refractivity contribution in [3.05, 3.63) is 51.5 Å². The molecule has 0 atom stereocenters. The van der Waals surface area contributed by atoms with Gasteiger partial charge in [-0.15, -0.1) is 11.8 Å². The molecular formula is C15H17ClN2S2. The molecule has 5 heteroatoms. The van der Waals surface area contributed by atoms with Crippen LogP contribution in [0.3, 0.4) is 0 Å². The van der Waals surface area contributed by atoms with E-state index in [2.05, 4.69) is 30.7 Å². The molecular weight excluding hydrogens is 308 g/mol. The van der Waals surface area contributed by atoms with Gasteiger partial charge in [-0.2, -0.15) is 0 Å².